The van der Waals surface area contributed by atoms with Crippen molar-refractivity contribution in [1.29, 1.82) is 0 Å². The lowest BCUT2D eigenvalue weighted by atomic mass is 10.2. The van der Waals surface area contributed by atoms with Crippen molar-refractivity contribution in [2.75, 3.05) is 12.3 Å². The first-order chi connectivity index (χ1) is 6.09. The van der Waals surface area contributed by atoms with Gasteiger partial charge in [0, 0.05) is 5.69 Å². The van der Waals surface area contributed by atoms with E-state index in [1.54, 1.807) is 25.1 Å². The minimum atomic E-state index is -2.45. The average Bonchev–Trinajstić information content (AvgIpc) is 2.07. The summed E-state index contributed by atoms with van der Waals surface area (Å²) in [6.45, 7) is 1.22. The maximum absolute atomic E-state index is 11.8. The SMILES string of the molecule is Cc1cc(OCC(F)F)ccc1N. The fourth-order valence-electron chi connectivity index (χ4n) is 0.897. The monoisotopic (exact) mass is 187 g/mol. The van der Waals surface area contributed by atoms with Crippen LogP contribution in [0.2, 0.25) is 0 Å². The molecule has 1 aromatic rings. The Balaban J connectivity index is 2.63. The number of aryl methyl sites for hydroxylation is 1. The fraction of sp³-hybridized carbons (Fsp3) is 0.333. The number of nitrogen functional groups attached to an aromatic ring is 1. The van der Waals surface area contributed by atoms with E-state index in [0.717, 1.165) is 5.56 Å². The van der Waals surface area contributed by atoms with Crippen molar-refractivity contribution in [3.63, 3.8) is 0 Å². The van der Waals surface area contributed by atoms with Crippen LogP contribution in [0.4, 0.5) is 14.5 Å². The van der Waals surface area contributed by atoms with Gasteiger partial charge >= 0.3 is 0 Å². The van der Waals surface area contributed by atoms with Gasteiger partial charge in [-0.05, 0) is 30.7 Å². The number of rotatable bonds is 3. The Kier molecular flexibility index (Phi) is 3.06. The summed E-state index contributed by atoms with van der Waals surface area (Å²) < 4.78 is 28.3. The van der Waals surface area contributed by atoms with Gasteiger partial charge in [-0.15, -0.1) is 0 Å². The maximum Gasteiger partial charge on any atom is 0.272 e. The highest BCUT2D eigenvalue weighted by molar-refractivity contribution is 5.49. The van der Waals surface area contributed by atoms with E-state index in [2.05, 4.69) is 0 Å². The lowest BCUT2D eigenvalue weighted by Crippen LogP contribution is -2.07. The highest BCUT2D eigenvalue weighted by Crippen LogP contribution is 2.18. The molecule has 0 saturated carbocycles. The molecule has 0 spiro atoms. The van der Waals surface area contributed by atoms with Crippen molar-refractivity contribution < 1.29 is 13.5 Å². The molecule has 0 heterocycles. The van der Waals surface area contributed by atoms with Crippen molar-refractivity contribution in [2.24, 2.45) is 0 Å². The van der Waals surface area contributed by atoms with Gasteiger partial charge in [-0.3, -0.25) is 0 Å². The molecule has 0 amide bonds. The first-order valence-electron chi connectivity index (χ1n) is 3.86. The average molecular weight is 187 g/mol. The van der Waals surface area contributed by atoms with Crippen LogP contribution in [0.5, 0.6) is 5.75 Å². The molecule has 0 aliphatic heterocycles. The zero-order valence-corrected chi connectivity index (χ0v) is 7.26. The molecular weight excluding hydrogens is 176 g/mol. The molecule has 0 fully saturated rings. The predicted molar refractivity (Wildman–Crippen MR) is 47.1 cm³/mol. The van der Waals surface area contributed by atoms with Gasteiger partial charge in [0.05, 0.1) is 0 Å². The van der Waals surface area contributed by atoms with Gasteiger partial charge in [0.25, 0.3) is 6.43 Å². The number of alkyl halides is 2. The number of anilines is 1. The Morgan fingerprint density at radius 3 is 2.69 bits per heavy atom. The third-order valence-corrected chi connectivity index (χ3v) is 1.62. The second-order valence-corrected chi connectivity index (χ2v) is 2.72. The Bertz CT molecular complexity index is 289. The molecular formula is C9H11F2NO. The lowest BCUT2D eigenvalue weighted by Gasteiger charge is -2.07. The standard InChI is InChI=1S/C9H11F2NO/c1-6-4-7(2-3-8(6)12)13-5-9(10)11/h2-4,9H,5,12H2,1H3. The van der Waals surface area contributed by atoms with Crippen LogP contribution in [0.1, 0.15) is 5.56 Å². The summed E-state index contributed by atoms with van der Waals surface area (Å²) in [6.07, 6.45) is -2.45. The molecule has 2 N–H and O–H groups in total. The summed E-state index contributed by atoms with van der Waals surface area (Å²) in [5.74, 6) is 0.423. The first kappa shape index (κ1) is 9.77. The van der Waals surface area contributed by atoms with Crippen LogP contribution < -0.4 is 10.5 Å². The number of hydrogen-bond acceptors (Lipinski definition) is 2. The molecule has 1 rings (SSSR count). The van der Waals surface area contributed by atoms with Crippen LogP contribution in [-0.4, -0.2) is 13.0 Å². The summed E-state index contributed by atoms with van der Waals surface area (Å²) in [4.78, 5) is 0. The van der Waals surface area contributed by atoms with Crippen molar-refractivity contribution in [3.8, 4) is 5.75 Å². The van der Waals surface area contributed by atoms with Crippen molar-refractivity contribution >= 4 is 5.69 Å². The Labute approximate surface area is 75.3 Å². The Morgan fingerprint density at radius 1 is 1.46 bits per heavy atom. The van der Waals surface area contributed by atoms with Crippen molar-refractivity contribution in [1.82, 2.24) is 0 Å². The van der Waals surface area contributed by atoms with E-state index in [1.165, 1.54) is 0 Å². The second kappa shape index (κ2) is 4.07. The van der Waals surface area contributed by atoms with Crippen LogP contribution in [0, 0.1) is 6.92 Å². The van der Waals surface area contributed by atoms with E-state index in [1.807, 2.05) is 0 Å². The minimum absolute atomic E-state index is 0.423. The van der Waals surface area contributed by atoms with Crippen LogP contribution in [0.15, 0.2) is 18.2 Å². The van der Waals surface area contributed by atoms with E-state index in [4.69, 9.17) is 10.5 Å². The summed E-state index contributed by atoms with van der Waals surface area (Å²) in [5.41, 5.74) is 7.00. The van der Waals surface area contributed by atoms with Crippen LogP contribution in [0.3, 0.4) is 0 Å². The molecule has 1 aromatic carbocycles. The highest BCUT2D eigenvalue weighted by atomic mass is 19.3. The van der Waals surface area contributed by atoms with Gasteiger partial charge in [0.1, 0.15) is 12.4 Å². The second-order valence-electron chi connectivity index (χ2n) is 2.72. The molecule has 72 valence electrons. The topological polar surface area (TPSA) is 35.2 Å². The van der Waals surface area contributed by atoms with E-state index in [-0.39, 0.29) is 0 Å². The normalized spacial score (nSPS) is 10.5. The number of benzene rings is 1. The molecule has 0 bridgehead atoms. The molecule has 0 aromatic heterocycles. The highest BCUT2D eigenvalue weighted by Gasteiger charge is 2.03. The van der Waals surface area contributed by atoms with E-state index in [0.29, 0.717) is 11.4 Å². The number of ether oxygens (including phenoxy) is 1. The smallest absolute Gasteiger partial charge is 0.272 e. The lowest BCUT2D eigenvalue weighted by molar-refractivity contribution is 0.0819. The molecule has 2 nitrogen and oxygen atoms in total. The van der Waals surface area contributed by atoms with Gasteiger partial charge in [-0.25, -0.2) is 8.78 Å². The molecule has 0 unspecified atom stereocenters. The zero-order valence-electron chi connectivity index (χ0n) is 7.26. The fourth-order valence-corrected chi connectivity index (χ4v) is 0.897. The van der Waals surface area contributed by atoms with Crippen LogP contribution in [0.25, 0.3) is 0 Å². The van der Waals surface area contributed by atoms with Gasteiger partial charge in [0.15, 0.2) is 0 Å². The number of hydrogen-bond donors (Lipinski definition) is 1. The van der Waals surface area contributed by atoms with Crippen LogP contribution >= 0.6 is 0 Å². The van der Waals surface area contributed by atoms with Crippen molar-refractivity contribution in [3.05, 3.63) is 23.8 Å². The summed E-state index contributed by atoms with van der Waals surface area (Å²) in [7, 11) is 0. The summed E-state index contributed by atoms with van der Waals surface area (Å²) >= 11 is 0. The van der Waals surface area contributed by atoms with E-state index < -0.39 is 13.0 Å². The Morgan fingerprint density at radius 2 is 2.15 bits per heavy atom. The molecule has 0 aliphatic carbocycles. The number of nitrogens with two attached hydrogens (primary N) is 1. The van der Waals surface area contributed by atoms with Gasteiger partial charge in [0.2, 0.25) is 0 Å². The number of halogens is 2. The zero-order chi connectivity index (χ0) is 9.84. The quantitative estimate of drug-likeness (QED) is 0.736. The summed E-state index contributed by atoms with van der Waals surface area (Å²) in [6, 6.07) is 4.85. The Hall–Kier alpha value is -1.32. The minimum Gasteiger partial charge on any atom is -0.488 e. The molecule has 0 saturated heterocycles. The van der Waals surface area contributed by atoms with Gasteiger partial charge in [-0.2, -0.15) is 0 Å². The molecule has 13 heavy (non-hydrogen) atoms. The largest absolute Gasteiger partial charge is 0.488 e. The summed E-state index contributed by atoms with van der Waals surface area (Å²) in [5, 5.41) is 0. The first-order valence-corrected chi connectivity index (χ1v) is 3.86. The third-order valence-electron chi connectivity index (χ3n) is 1.62. The van der Waals surface area contributed by atoms with Gasteiger partial charge in [-0.1, -0.05) is 0 Å². The molecule has 0 atom stereocenters. The molecule has 0 radical (unpaired) electrons. The van der Waals surface area contributed by atoms with Gasteiger partial charge < -0.3 is 10.5 Å². The third kappa shape index (κ3) is 2.89. The van der Waals surface area contributed by atoms with Crippen molar-refractivity contribution in [2.45, 2.75) is 13.3 Å². The van der Waals surface area contributed by atoms with E-state index >= 15 is 0 Å². The predicted octanol–water partition coefficient (Wildman–Crippen LogP) is 2.22. The maximum atomic E-state index is 11.8. The molecule has 0 aliphatic rings. The molecule has 4 heteroatoms. The van der Waals surface area contributed by atoms with Crippen LogP contribution in [-0.2, 0) is 0 Å². The van der Waals surface area contributed by atoms with E-state index in [9.17, 15) is 8.78 Å².